The van der Waals surface area contributed by atoms with E-state index in [0.29, 0.717) is 5.54 Å². The van der Waals surface area contributed by atoms with Crippen molar-refractivity contribution in [1.82, 2.24) is 5.32 Å². The van der Waals surface area contributed by atoms with Crippen molar-refractivity contribution < 1.29 is 0 Å². The molecule has 1 saturated heterocycles. The van der Waals surface area contributed by atoms with Gasteiger partial charge in [0, 0.05) is 5.54 Å². The summed E-state index contributed by atoms with van der Waals surface area (Å²) in [6, 6.07) is 0. The maximum absolute atomic E-state index is 3.67. The van der Waals surface area contributed by atoms with Gasteiger partial charge in [0.2, 0.25) is 0 Å². The first-order chi connectivity index (χ1) is 5.83. The van der Waals surface area contributed by atoms with Gasteiger partial charge in [0.05, 0.1) is 0 Å². The van der Waals surface area contributed by atoms with Gasteiger partial charge in [-0.25, -0.2) is 0 Å². The second-order valence-electron chi connectivity index (χ2n) is 3.53. The summed E-state index contributed by atoms with van der Waals surface area (Å²) >= 11 is 0. The third-order valence-electron chi connectivity index (χ3n) is 2.79. The van der Waals surface area contributed by atoms with Crippen LogP contribution in [0.15, 0.2) is 24.8 Å². The maximum atomic E-state index is 3.67. The molecule has 1 fully saturated rings. The molecule has 0 aromatic heterocycles. The topological polar surface area (TPSA) is 12.0 Å². The number of allylic oxidation sites excluding steroid dienone is 2. The maximum Gasteiger partial charge on any atom is 0.0213 e. The molecule has 0 aliphatic carbocycles. The second-order valence-corrected chi connectivity index (χ2v) is 3.53. The predicted octanol–water partition coefficient (Wildman–Crippen LogP) is 2.65. The van der Waals surface area contributed by atoms with Gasteiger partial charge in [-0.2, -0.15) is 0 Å². The van der Waals surface area contributed by atoms with Crippen LogP contribution in [-0.2, 0) is 0 Å². The third-order valence-corrected chi connectivity index (χ3v) is 2.79. The molecule has 1 atom stereocenters. The van der Waals surface area contributed by atoms with Crippen LogP contribution in [0.1, 0.15) is 32.6 Å². The molecule has 1 heteroatoms. The standard InChI is InChI=1S/C11H19N/c1-3-5-6-8-11(4-2)9-7-10-12-11/h3,5-6,12H,1,4,7-10H2,2H3/b6-5-. The van der Waals surface area contributed by atoms with Crippen LogP contribution in [0.5, 0.6) is 0 Å². The van der Waals surface area contributed by atoms with Crippen molar-refractivity contribution in [2.24, 2.45) is 0 Å². The van der Waals surface area contributed by atoms with Crippen molar-refractivity contribution in [3.8, 4) is 0 Å². The van der Waals surface area contributed by atoms with Gasteiger partial charge in [-0.3, -0.25) is 0 Å². The van der Waals surface area contributed by atoms with Crippen molar-refractivity contribution in [2.45, 2.75) is 38.1 Å². The Bertz CT molecular complexity index is 164. The van der Waals surface area contributed by atoms with Crippen LogP contribution in [0.4, 0.5) is 0 Å². The molecule has 0 saturated carbocycles. The summed E-state index contributed by atoms with van der Waals surface area (Å²) in [5, 5.41) is 3.59. The molecule has 0 amide bonds. The monoisotopic (exact) mass is 165 g/mol. The minimum atomic E-state index is 0.402. The third kappa shape index (κ3) is 2.21. The summed E-state index contributed by atoms with van der Waals surface area (Å²) in [6.07, 6.45) is 11.1. The number of rotatable bonds is 4. The SMILES string of the molecule is C=C/C=C\CC1(CC)CCCN1. The van der Waals surface area contributed by atoms with E-state index < -0.39 is 0 Å². The molecule has 0 aromatic carbocycles. The molecule has 1 aliphatic rings. The highest BCUT2D eigenvalue weighted by atomic mass is 15.0. The van der Waals surface area contributed by atoms with Crippen LogP contribution in [0.2, 0.25) is 0 Å². The summed E-state index contributed by atoms with van der Waals surface area (Å²) in [4.78, 5) is 0. The molecule has 12 heavy (non-hydrogen) atoms. The first-order valence-corrected chi connectivity index (χ1v) is 4.85. The Balaban J connectivity index is 2.43. The van der Waals surface area contributed by atoms with Gasteiger partial charge < -0.3 is 5.32 Å². The highest BCUT2D eigenvalue weighted by molar-refractivity contribution is 5.04. The average Bonchev–Trinajstić information content (AvgIpc) is 2.55. The Hall–Kier alpha value is -0.560. The van der Waals surface area contributed by atoms with Crippen molar-refractivity contribution in [3.63, 3.8) is 0 Å². The molecule has 1 heterocycles. The average molecular weight is 165 g/mol. The predicted molar refractivity (Wildman–Crippen MR) is 54.2 cm³/mol. The zero-order valence-electron chi connectivity index (χ0n) is 7.97. The Morgan fingerprint density at radius 2 is 2.42 bits per heavy atom. The molecule has 0 radical (unpaired) electrons. The Labute approximate surface area is 75.6 Å². The lowest BCUT2D eigenvalue weighted by Crippen LogP contribution is -2.38. The van der Waals surface area contributed by atoms with Gasteiger partial charge in [0.25, 0.3) is 0 Å². The first-order valence-electron chi connectivity index (χ1n) is 4.85. The van der Waals surface area contributed by atoms with E-state index in [-0.39, 0.29) is 0 Å². The van der Waals surface area contributed by atoms with E-state index in [1.807, 2.05) is 12.2 Å². The molecular formula is C11H19N. The Morgan fingerprint density at radius 1 is 1.58 bits per heavy atom. The van der Waals surface area contributed by atoms with Gasteiger partial charge in [-0.15, -0.1) is 0 Å². The summed E-state index contributed by atoms with van der Waals surface area (Å²) in [6.45, 7) is 7.12. The van der Waals surface area contributed by atoms with Gasteiger partial charge in [0.1, 0.15) is 0 Å². The number of hydrogen-bond acceptors (Lipinski definition) is 1. The van der Waals surface area contributed by atoms with Crippen LogP contribution in [0.25, 0.3) is 0 Å². The molecule has 0 spiro atoms. The Morgan fingerprint density at radius 3 is 2.92 bits per heavy atom. The molecule has 1 rings (SSSR count). The van der Waals surface area contributed by atoms with E-state index in [2.05, 4.69) is 24.9 Å². The van der Waals surface area contributed by atoms with Crippen molar-refractivity contribution in [1.29, 1.82) is 0 Å². The smallest absolute Gasteiger partial charge is 0.0213 e. The normalized spacial score (nSPS) is 29.8. The first kappa shape index (κ1) is 9.53. The van der Waals surface area contributed by atoms with Crippen LogP contribution >= 0.6 is 0 Å². The number of nitrogens with one attached hydrogen (secondary N) is 1. The van der Waals surface area contributed by atoms with Gasteiger partial charge in [-0.1, -0.05) is 31.7 Å². The summed E-state index contributed by atoms with van der Waals surface area (Å²) in [7, 11) is 0. The summed E-state index contributed by atoms with van der Waals surface area (Å²) in [5.74, 6) is 0. The lowest BCUT2D eigenvalue weighted by molar-refractivity contribution is 0.366. The van der Waals surface area contributed by atoms with Crippen LogP contribution in [0.3, 0.4) is 0 Å². The summed E-state index contributed by atoms with van der Waals surface area (Å²) in [5.41, 5.74) is 0.402. The zero-order chi connectivity index (χ0) is 8.86. The van der Waals surface area contributed by atoms with Crippen molar-refractivity contribution in [2.75, 3.05) is 6.54 Å². The van der Waals surface area contributed by atoms with Gasteiger partial charge >= 0.3 is 0 Å². The van der Waals surface area contributed by atoms with E-state index in [1.54, 1.807) is 0 Å². The van der Waals surface area contributed by atoms with Crippen LogP contribution in [0, 0.1) is 0 Å². The van der Waals surface area contributed by atoms with Crippen molar-refractivity contribution >= 4 is 0 Å². The minimum Gasteiger partial charge on any atom is -0.311 e. The lowest BCUT2D eigenvalue weighted by Gasteiger charge is -2.26. The van der Waals surface area contributed by atoms with E-state index in [9.17, 15) is 0 Å². The quantitative estimate of drug-likeness (QED) is 0.631. The summed E-state index contributed by atoms with van der Waals surface area (Å²) < 4.78 is 0. The largest absolute Gasteiger partial charge is 0.311 e. The molecule has 0 aromatic rings. The molecular weight excluding hydrogens is 146 g/mol. The molecule has 1 unspecified atom stereocenters. The number of hydrogen-bond donors (Lipinski definition) is 1. The Kier molecular flexibility index (Phi) is 3.54. The fourth-order valence-electron chi connectivity index (χ4n) is 1.88. The fourth-order valence-corrected chi connectivity index (χ4v) is 1.88. The van der Waals surface area contributed by atoms with Gasteiger partial charge in [0.15, 0.2) is 0 Å². The highest BCUT2D eigenvalue weighted by Gasteiger charge is 2.29. The van der Waals surface area contributed by atoms with Crippen LogP contribution in [-0.4, -0.2) is 12.1 Å². The second kappa shape index (κ2) is 4.46. The molecule has 1 N–H and O–H groups in total. The molecule has 0 bridgehead atoms. The molecule has 68 valence electrons. The van der Waals surface area contributed by atoms with Crippen molar-refractivity contribution in [3.05, 3.63) is 24.8 Å². The fraction of sp³-hybridized carbons (Fsp3) is 0.636. The van der Waals surface area contributed by atoms with Gasteiger partial charge in [-0.05, 0) is 32.2 Å². The van der Waals surface area contributed by atoms with E-state index in [4.69, 9.17) is 0 Å². The minimum absolute atomic E-state index is 0.402. The highest BCUT2D eigenvalue weighted by Crippen LogP contribution is 2.26. The molecule has 1 aliphatic heterocycles. The van der Waals surface area contributed by atoms with E-state index >= 15 is 0 Å². The lowest BCUT2D eigenvalue weighted by atomic mass is 9.90. The van der Waals surface area contributed by atoms with E-state index in [1.165, 1.54) is 25.8 Å². The molecule has 1 nitrogen and oxygen atoms in total. The van der Waals surface area contributed by atoms with E-state index in [0.717, 1.165) is 6.42 Å². The zero-order valence-corrected chi connectivity index (χ0v) is 7.97. The van der Waals surface area contributed by atoms with Crippen LogP contribution < -0.4 is 5.32 Å².